The van der Waals surface area contributed by atoms with Gasteiger partial charge in [0.2, 0.25) is 0 Å². The van der Waals surface area contributed by atoms with Crippen molar-refractivity contribution in [2.75, 3.05) is 13.3 Å². The van der Waals surface area contributed by atoms with Crippen LogP contribution in [0.3, 0.4) is 0 Å². The Morgan fingerprint density at radius 1 is 1.60 bits per heavy atom. The Hall–Kier alpha value is -1.32. The minimum Gasteiger partial charge on any atom is -0.461 e. The number of carbonyl (C=O) groups is 1. The van der Waals surface area contributed by atoms with Crippen LogP contribution in [-0.2, 0) is 11.3 Å². The maximum Gasteiger partial charge on any atom is 0.355 e. The van der Waals surface area contributed by atoms with Gasteiger partial charge in [-0.3, -0.25) is 4.39 Å². The number of nitrogens with zero attached hydrogens (tertiary/aromatic N) is 1. The van der Waals surface area contributed by atoms with Gasteiger partial charge in [0.05, 0.1) is 13.3 Å². The van der Waals surface area contributed by atoms with Gasteiger partial charge in [-0.2, -0.15) is 0 Å². The van der Waals surface area contributed by atoms with Gasteiger partial charge in [0.15, 0.2) is 0 Å². The predicted molar refractivity (Wildman–Crippen MR) is 55.7 cm³/mol. The molecular weight excluding hydrogens is 197 g/mol. The van der Waals surface area contributed by atoms with E-state index in [1.165, 1.54) is 0 Å². The average Bonchev–Trinajstić information content (AvgIpc) is 2.57. The predicted octanol–water partition coefficient (Wildman–Crippen LogP) is 2.33. The summed E-state index contributed by atoms with van der Waals surface area (Å²) in [6.45, 7) is 4.10. The molecule has 0 aliphatic heterocycles. The molecule has 0 unspecified atom stereocenters. The minimum atomic E-state index is -0.376. The summed E-state index contributed by atoms with van der Waals surface area (Å²) in [6.07, 6.45) is 2.21. The Morgan fingerprint density at radius 3 is 2.93 bits per heavy atom. The van der Waals surface area contributed by atoms with Crippen molar-refractivity contribution in [2.45, 2.75) is 26.8 Å². The molecule has 0 atom stereocenters. The molecule has 1 aromatic heterocycles. The van der Waals surface area contributed by atoms with E-state index in [0.717, 1.165) is 5.56 Å². The van der Waals surface area contributed by atoms with Gasteiger partial charge in [0.1, 0.15) is 5.69 Å². The van der Waals surface area contributed by atoms with Crippen molar-refractivity contribution in [2.24, 2.45) is 0 Å². The van der Waals surface area contributed by atoms with Gasteiger partial charge in [0.25, 0.3) is 0 Å². The lowest BCUT2D eigenvalue weighted by atomic mass is 10.2. The van der Waals surface area contributed by atoms with Gasteiger partial charge in [-0.25, -0.2) is 4.79 Å². The summed E-state index contributed by atoms with van der Waals surface area (Å²) in [5.41, 5.74) is 1.40. The molecule has 1 aromatic rings. The van der Waals surface area contributed by atoms with Crippen molar-refractivity contribution in [3.8, 4) is 0 Å². The molecule has 0 aliphatic rings. The van der Waals surface area contributed by atoms with Crippen LogP contribution in [0.4, 0.5) is 4.39 Å². The molecule has 0 aliphatic carbocycles. The third-order valence-corrected chi connectivity index (χ3v) is 2.17. The van der Waals surface area contributed by atoms with Crippen LogP contribution < -0.4 is 0 Å². The van der Waals surface area contributed by atoms with Gasteiger partial charge in [-0.1, -0.05) is 0 Å². The Balaban J connectivity index is 2.83. The fourth-order valence-electron chi connectivity index (χ4n) is 1.48. The van der Waals surface area contributed by atoms with Crippen molar-refractivity contribution in [1.29, 1.82) is 0 Å². The second-order valence-corrected chi connectivity index (χ2v) is 3.30. The Kier molecular flexibility index (Phi) is 4.34. The molecule has 0 fully saturated rings. The van der Waals surface area contributed by atoms with Gasteiger partial charge >= 0.3 is 5.97 Å². The second-order valence-electron chi connectivity index (χ2n) is 3.30. The van der Waals surface area contributed by atoms with Crippen LogP contribution in [0.1, 0.15) is 29.4 Å². The third-order valence-electron chi connectivity index (χ3n) is 2.17. The number of ether oxygens (including phenoxy) is 1. The van der Waals surface area contributed by atoms with Gasteiger partial charge in [-0.15, -0.1) is 0 Å². The van der Waals surface area contributed by atoms with Crippen LogP contribution in [0, 0.1) is 6.92 Å². The third kappa shape index (κ3) is 2.81. The maximum absolute atomic E-state index is 12.0. The summed E-state index contributed by atoms with van der Waals surface area (Å²) in [5.74, 6) is -0.334. The molecule has 3 nitrogen and oxygen atoms in total. The molecule has 0 amide bonds. The number of alkyl halides is 1. The number of hydrogen-bond acceptors (Lipinski definition) is 2. The van der Waals surface area contributed by atoms with Crippen LogP contribution >= 0.6 is 0 Å². The quantitative estimate of drug-likeness (QED) is 0.703. The normalized spacial score (nSPS) is 10.3. The number of rotatable bonds is 5. The van der Waals surface area contributed by atoms with Crippen molar-refractivity contribution in [3.63, 3.8) is 0 Å². The van der Waals surface area contributed by atoms with Crippen LogP contribution in [0.2, 0.25) is 0 Å². The van der Waals surface area contributed by atoms with Crippen LogP contribution in [-0.4, -0.2) is 23.8 Å². The Bertz CT molecular complexity index is 333. The summed E-state index contributed by atoms with van der Waals surface area (Å²) in [5, 5.41) is 0. The van der Waals surface area contributed by atoms with Crippen molar-refractivity contribution < 1.29 is 13.9 Å². The van der Waals surface area contributed by atoms with Crippen molar-refractivity contribution >= 4 is 5.97 Å². The minimum absolute atomic E-state index is 0.334. The molecule has 4 heteroatoms. The molecule has 0 saturated carbocycles. The zero-order valence-corrected chi connectivity index (χ0v) is 9.12. The first-order valence-corrected chi connectivity index (χ1v) is 5.09. The highest BCUT2D eigenvalue weighted by atomic mass is 19.1. The first kappa shape index (κ1) is 11.8. The van der Waals surface area contributed by atoms with Gasteiger partial charge in [0, 0.05) is 12.7 Å². The highest BCUT2D eigenvalue weighted by molar-refractivity contribution is 5.89. The molecule has 15 heavy (non-hydrogen) atoms. The number of halogens is 1. The maximum atomic E-state index is 12.0. The van der Waals surface area contributed by atoms with E-state index < -0.39 is 0 Å². The molecule has 0 aromatic carbocycles. The highest BCUT2D eigenvalue weighted by Crippen LogP contribution is 2.12. The van der Waals surface area contributed by atoms with Crippen molar-refractivity contribution in [3.05, 3.63) is 23.5 Å². The average molecular weight is 213 g/mol. The standard InChI is InChI=1S/C11H16FNO2/c1-3-15-11(14)10-9(2)5-8-13(10)7-4-6-12/h5,8H,3-4,6-7H2,1-2H3. The smallest absolute Gasteiger partial charge is 0.355 e. The summed E-state index contributed by atoms with van der Waals surface area (Å²) >= 11 is 0. The van der Waals surface area contributed by atoms with Crippen LogP contribution in [0.5, 0.6) is 0 Å². The summed E-state index contributed by atoms with van der Waals surface area (Å²) < 4.78 is 18.7. The van der Waals surface area contributed by atoms with E-state index in [1.54, 1.807) is 17.7 Å². The van der Waals surface area contributed by atoms with E-state index in [9.17, 15) is 9.18 Å². The molecule has 1 heterocycles. The Labute approximate surface area is 88.8 Å². The fourth-order valence-corrected chi connectivity index (χ4v) is 1.48. The van der Waals surface area contributed by atoms with E-state index in [-0.39, 0.29) is 12.6 Å². The lowest BCUT2D eigenvalue weighted by molar-refractivity contribution is 0.0512. The fraction of sp³-hybridized carbons (Fsp3) is 0.545. The number of aromatic nitrogens is 1. The first-order valence-electron chi connectivity index (χ1n) is 5.09. The molecule has 0 spiro atoms. The van der Waals surface area contributed by atoms with Crippen LogP contribution in [0.25, 0.3) is 0 Å². The van der Waals surface area contributed by atoms with E-state index in [0.29, 0.717) is 25.3 Å². The molecule has 0 saturated heterocycles. The number of aryl methyl sites for hydroxylation is 2. The first-order chi connectivity index (χ1) is 7.20. The molecular formula is C11H16FNO2. The molecule has 0 bridgehead atoms. The van der Waals surface area contributed by atoms with Crippen LogP contribution in [0.15, 0.2) is 12.3 Å². The molecule has 0 N–H and O–H groups in total. The lowest BCUT2D eigenvalue weighted by Gasteiger charge is -2.08. The van der Waals surface area contributed by atoms with E-state index in [2.05, 4.69) is 0 Å². The van der Waals surface area contributed by atoms with Gasteiger partial charge in [-0.05, 0) is 31.9 Å². The van der Waals surface area contributed by atoms with Crippen molar-refractivity contribution in [1.82, 2.24) is 4.57 Å². The summed E-state index contributed by atoms with van der Waals surface area (Å²) in [6, 6.07) is 1.84. The second kappa shape index (κ2) is 5.53. The summed E-state index contributed by atoms with van der Waals surface area (Å²) in [4.78, 5) is 11.6. The van der Waals surface area contributed by atoms with E-state index in [4.69, 9.17) is 4.74 Å². The zero-order chi connectivity index (χ0) is 11.3. The van der Waals surface area contributed by atoms with E-state index in [1.807, 2.05) is 13.0 Å². The SMILES string of the molecule is CCOC(=O)c1c(C)ccn1CCCF. The van der Waals surface area contributed by atoms with Gasteiger partial charge < -0.3 is 9.30 Å². The molecule has 84 valence electrons. The largest absolute Gasteiger partial charge is 0.461 e. The van der Waals surface area contributed by atoms with E-state index >= 15 is 0 Å². The number of carbonyl (C=O) groups excluding carboxylic acids is 1. The highest BCUT2D eigenvalue weighted by Gasteiger charge is 2.15. The Morgan fingerprint density at radius 2 is 2.33 bits per heavy atom. The zero-order valence-electron chi connectivity index (χ0n) is 9.12. The topological polar surface area (TPSA) is 31.2 Å². The lowest BCUT2D eigenvalue weighted by Crippen LogP contribution is -2.13. The number of hydrogen-bond donors (Lipinski definition) is 0. The monoisotopic (exact) mass is 213 g/mol. The molecule has 1 rings (SSSR count). The number of esters is 1. The summed E-state index contributed by atoms with van der Waals surface area (Å²) in [7, 11) is 0. The molecule has 0 radical (unpaired) electrons.